The summed E-state index contributed by atoms with van der Waals surface area (Å²) in [6, 6.07) is 7.41. The Labute approximate surface area is 113 Å². The summed E-state index contributed by atoms with van der Waals surface area (Å²) >= 11 is 0. The van der Waals surface area contributed by atoms with Gasteiger partial charge in [-0.3, -0.25) is 9.78 Å². The Bertz CT molecular complexity index is 1010. The fourth-order valence-electron chi connectivity index (χ4n) is 2.72. The molecule has 1 N–H and O–H groups in total. The van der Waals surface area contributed by atoms with E-state index in [0.29, 0.717) is 10.9 Å². The van der Waals surface area contributed by atoms with E-state index in [4.69, 9.17) is 4.84 Å². The number of nitrogens with one attached hydrogen (secondary N) is 1. The van der Waals surface area contributed by atoms with Crippen molar-refractivity contribution in [3.63, 3.8) is 0 Å². The standard InChI is InChI=1S/C15H11N3O2/c1-20-18-8-2-3-10-14(18)12-11-9(4-6-16-12)5-7-17-13(11)15(10)19/h2-8,16H,1H3. The van der Waals surface area contributed by atoms with E-state index in [-0.39, 0.29) is 5.43 Å². The fourth-order valence-corrected chi connectivity index (χ4v) is 2.72. The van der Waals surface area contributed by atoms with Crippen LogP contribution < -0.4 is 10.3 Å². The number of hydrogen-bond donors (Lipinski definition) is 1. The van der Waals surface area contributed by atoms with Gasteiger partial charge in [-0.2, -0.15) is 4.73 Å². The first-order chi connectivity index (χ1) is 9.81. The Kier molecular flexibility index (Phi) is 2.12. The molecule has 4 rings (SSSR count). The van der Waals surface area contributed by atoms with Crippen LogP contribution in [0.2, 0.25) is 0 Å². The molecule has 0 bridgehead atoms. The summed E-state index contributed by atoms with van der Waals surface area (Å²) < 4.78 is 1.59. The molecule has 3 aromatic heterocycles. The average Bonchev–Trinajstić information content (AvgIpc) is 2.51. The molecule has 0 aliphatic heterocycles. The van der Waals surface area contributed by atoms with Crippen LogP contribution in [0.4, 0.5) is 0 Å². The van der Waals surface area contributed by atoms with E-state index in [9.17, 15) is 4.79 Å². The van der Waals surface area contributed by atoms with Crippen molar-refractivity contribution in [1.82, 2.24) is 14.7 Å². The van der Waals surface area contributed by atoms with Gasteiger partial charge in [0.1, 0.15) is 18.1 Å². The van der Waals surface area contributed by atoms with Gasteiger partial charge >= 0.3 is 0 Å². The highest BCUT2D eigenvalue weighted by molar-refractivity contribution is 6.17. The average molecular weight is 265 g/mol. The predicted molar refractivity (Wildman–Crippen MR) is 77.9 cm³/mol. The third kappa shape index (κ3) is 1.26. The maximum absolute atomic E-state index is 12.6. The van der Waals surface area contributed by atoms with Crippen molar-refractivity contribution >= 4 is 32.7 Å². The molecule has 0 aliphatic carbocycles. The second-order valence-corrected chi connectivity index (χ2v) is 4.58. The van der Waals surface area contributed by atoms with Gasteiger partial charge in [-0.1, -0.05) is 0 Å². The molecular formula is C15H11N3O2. The maximum atomic E-state index is 12.6. The largest absolute Gasteiger partial charge is 0.417 e. The number of H-pyrrole nitrogens is 1. The van der Waals surface area contributed by atoms with Crippen LogP contribution in [-0.2, 0) is 0 Å². The second kappa shape index (κ2) is 3.84. The summed E-state index contributed by atoms with van der Waals surface area (Å²) in [6.07, 6.45) is 5.30. The quantitative estimate of drug-likeness (QED) is 0.423. The smallest absolute Gasteiger partial charge is 0.214 e. The first-order valence-electron chi connectivity index (χ1n) is 6.25. The zero-order valence-corrected chi connectivity index (χ0v) is 10.8. The Hall–Kier alpha value is -2.82. The van der Waals surface area contributed by atoms with Gasteiger partial charge < -0.3 is 9.82 Å². The van der Waals surface area contributed by atoms with Gasteiger partial charge in [0.2, 0.25) is 5.43 Å². The fraction of sp³-hybridized carbons (Fsp3) is 0.0667. The van der Waals surface area contributed by atoms with Crippen molar-refractivity contribution in [2.24, 2.45) is 0 Å². The minimum Gasteiger partial charge on any atom is -0.417 e. The number of aromatic amines is 1. The van der Waals surface area contributed by atoms with Crippen molar-refractivity contribution in [3.05, 3.63) is 53.1 Å². The number of hydrogen-bond acceptors (Lipinski definition) is 3. The van der Waals surface area contributed by atoms with E-state index in [1.807, 2.05) is 18.3 Å². The van der Waals surface area contributed by atoms with Crippen LogP contribution in [0.1, 0.15) is 0 Å². The molecule has 0 unspecified atom stereocenters. The topological polar surface area (TPSA) is 59.9 Å². The Balaban J connectivity index is 2.47. The predicted octanol–water partition coefficient (Wildman–Crippen LogP) is 2.09. The Morgan fingerprint density at radius 3 is 3.05 bits per heavy atom. The molecule has 1 aromatic carbocycles. The van der Waals surface area contributed by atoms with Crippen molar-refractivity contribution in [1.29, 1.82) is 0 Å². The third-order valence-electron chi connectivity index (χ3n) is 3.58. The molecule has 4 aromatic rings. The first-order valence-corrected chi connectivity index (χ1v) is 6.25. The van der Waals surface area contributed by atoms with Crippen LogP contribution in [-0.4, -0.2) is 21.8 Å². The van der Waals surface area contributed by atoms with Gasteiger partial charge in [0.15, 0.2) is 0 Å². The van der Waals surface area contributed by atoms with Crippen LogP contribution in [0.25, 0.3) is 32.7 Å². The molecule has 0 radical (unpaired) electrons. The number of rotatable bonds is 1. The molecular weight excluding hydrogens is 254 g/mol. The lowest BCUT2D eigenvalue weighted by molar-refractivity contribution is 0.178. The summed E-state index contributed by atoms with van der Waals surface area (Å²) in [6.45, 7) is 0. The molecule has 0 saturated heterocycles. The summed E-state index contributed by atoms with van der Waals surface area (Å²) in [5.41, 5.74) is 1.98. The molecule has 5 nitrogen and oxygen atoms in total. The van der Waals surface area contributed by atoms with E-state index in [0.717, 1.165) is 21.8 Å². The summed E-state index contributed by atoms with van der Waals surface area (Å²) in [5.74, 6) is 0. The van der Waals surface area contributed by atoms with E-state index >= 15 is 0 Å². The summed E-state index contributed by atoms with van der Waals surface area (Å²) in [5, 5.41) is 2.41. The number of fused-ring (bicyclic) bond motifs is 2. The van der Waals surface area contributed by atoms with Crippen molar-refractivity contribution in [3.8, 4) is 0 Å². The van der Waals surface area contributed by atoms with Gasteiger partial charge in [0.05, 0.1) is 10.9 Å². The number of pyridine rings is 3. The zero-order valence-electron chi connectivity index (χ0n) is 10.8. The molecule has 0 fully saturated rings. The van der Waals surface area contributed by atoms with Crippen LogP contribution in [0, 0.1) is 0 Å². The number of benzene rings is 1. The number of aromatic nitrogens is 3. The molecule has 20 heavy (non-hydrogen) atoms. The molecule has 0 aliphatic rings. The summed E-state index contributed by atoms with van der Waals surface area (Å²) in [7, 11) is 1.57. The first kappa shape index (κ1) is 11.0. The van der Waals surface area contributed by atoms with Crippen LogP contribution in [0.5, 0.6) is 0 Å². The molecule has 3 heterocycles. The minimum atomic E-state index is -0.0795. The van der Waals surface area contributed by atoms with Crippen molar-refractivity contribution in [2.45, 2.75) is 0 Å². The van der Waals surface area contributed by atoms with Gasteiger partial charge in [0, 0.05) is 24.0 Å². The van der Waals surface area contributed by atoms with Crippen molar-refractivity contribution < 1.29 is 4.84 Å². The van der Waals surface area contributed by atoms with Gasteiger partial charge in [-0.15, -0.1) is 0 Å². The zero-order chi connectivity index (χ0) is 13.7. The SMILES string of the molecule is COn1cccc2c(=O)c3nccc4cc[nH]c(c43)c21. The maximum Gasteiger partial charge on any atom is 0.214 e. The molecule has 0 saturated carbocycles. The van der Waals surface area contributed by atoms with Gasteiger partial charge in [0.25, 0.3) is 0 Å². The van der Waals surface area contributed by atoms with Gasteiger partial charge in [-0.05, 0) is 29.7 Å². The normalized spacial score (nSPS) is 11.4. The highest BCUT2D eigenvalue weighted by Crippen LogP contribution is 2.27. The Morgan fingerprint density at radius 2 is 2.20 bits per heavy atom. The lowest BCUT2D eigenvalue weighted by Crippen LogP contribution is -2.13. The minimum absolute atomic E-state index is 0.0795. The van der Waals surface area contributed by atoms with Crippen LogP contribution >= 0.6 is 0 Å². The highest BCUT2D eigenvalue weighted by Gasteiger charge is 2.14. The molecule has 5 heteroatoms. The second-order valence-electron chi connectivity index (χ2n) is 4.58. The monoisotopic (exact) mass is 265 g/mol. The molecule has 0 spiro atoms. The number of nitrogens with zero attached hydrogens (tertiary/aromatic N) is 2. The lowest BCUT2D eigenvalue weighted by Gasteiger charge is -2.12. The highest BCUT2D eigenvalue weighted by atomic mass is 16.6. The molecule has 0 atom stereocenters. The molecule has 98 valence electrons. The van der Waals surface area contributed by atoms with E-state index < -0.39 is 0 Å². The van der Waals surface area contributed by atoms with Crippen molar-refractivity contribution in [2.75, 3.05) is 7.11 Å². The lowest BCUT2D eigenvalue weighted by atomic mass is 10.1. The Morgan fingerprint density at radius 1 is 1.30 bits per heavy atom. The third-order valence-corrected chi connectivity index (χ3v) is 3.58. The van der Waals surface area contributed by atoms with E-state index in [2.05, 4.69) is 9.97 Å². The van der Waals surface area contributed by atoms with E-state index in [1.54, 1.807) is 36.4 Å². The molecule has 0 amide bonds. The van der Waals surface area contributed by atoms with E-state index in [1.165, 1.54) is 0 Å². The van der Waals surface area contributed by atoms with Gasteiger partial charge in [-0.25, -0.2) is 0 Å². The summed E-state index contributed by atoms with van der Waals surface area (Å²) in [4.78, 5) is 25.4. The van der Waals surface area contributed by atoms with Crippen LogP contribution in [0.15, 0.2) is 47.7 Å². The van der Waals surface area contributed by atoms with Crippen LogP contribution in [0.3, 0.4) is 0 Å².